The number of piperidine rings is 1. The van der Waals surface area contributed by atoms with Crippen LogP contribution in [0.5, 0.6) is 0 Å². The van der Waals surface area contributed by atoms with Crippen LogP contribution in [0.2, 0.25) is 0 Å². The Hall–Kier alpha value is -2.16. The third-order valence-electron chi connectivity index (χ3n) is 4.17. The number of aryl methyl sites for hydroxylation is 1. The third kappa shape index (κ3) is 3.66. The van der Waals surface area contributed by atoms with Crippen LogP contribution in [0.1, 0.15) is 36.1 Å². The fourth-order valence-corrected chi connectivity index (χ4v) is 3.10. The summed E-state index contributed by atoms with van der Waals surface area (Å²) in [4.78, 5) is 14.3. The highest BCUT2D eigenvalue weighted by atomic mass is 19.4. The smallest absolute Gasteiger partial charge is 0.384 e. The van der Waals surface area contributed by atoms with Gasteiger partial charge < -0.3 is 10.3 Å². The van der Waals surface area contributed by atoms with Gasteiger partial charge in [-0.2, -0.15) is 13.2 Å². The van der Waals surface area contributed by atoms with E-state index in [2.05, 4.69) is 19.9 Å². The van der Waals surface area contributed by atoms with E-state index >= 15 is 0 Å². The third-order valence-corrected chi connectivity index (χ3v) is 4.17. The fourth-order valence-electron chi connectivity index (χ4n) is 3.10. The van der Waals surface area contributed by atoms with E-state index in [0.717, 1.165) is 25.6 Å². The molecule has 0 amide bonds. The second kappa shape index (κ2) is 6.39. The van der Waals surface area contributed by atoms with Crippen LogP contribution < -0.4 is 5.73 Å². The van der Waals surface area contributed by atoms with Crippen molar-refractivity contribution in [1.29, 1.82) is 0 Å². The predicted molar refractivity (Wildman–Crippen MR) is 81.9 cm³/mol. The summed E-state index contributed by atoms with van der Waals surface area (Å²) < 4.78 is 40.0. The molecule has 6 nitrogen and oxygen atoms in total. The lowest BCUT2D eigenvalue weighted by molar-refractivity contribution is -0.141. The van der Waals surface area contributed by atoms with Crippen molar-refractivity contribution in [3.8, 4) is 0 Å². The maximum Gasteiger partial charge on any atom is 0.434 e. The second-order valence-electron chi connectivity index (χ2n) is 6.07. The number of imidazole rings is 1. The number of rotatable bonds is 3. The number of hydrogen-bond acceptors (Lipinski definition) is 5. The van der Waals surface area contributed by atoms with Crippen molar-refractivity contribution in [2.75, 3.05) is 18.8 Å². The lowest BCUT2D eigenvalue weighted by Crippen LogP contribution is -2.35. The van der Waals surface area contributed by atoms with E-state index < -0.39 is 11.9 Å². The largest absolute Gasteiger partial charge is 0.434 e. The maximum atomic E-state index is 12.8. The molecular formula is C15H19F3N6. The molecule has 0 saturated carbocycles. The summed E-state index contributed by atoms with van der Waals surface area (Å²) in [6.07, 6.45) is -0.0554. The number of alkyl halides is 3. The summed E-state index contributed by atoms with van der Waals surface area (Å²) in [6.45, 7) is 2.00. The van der Waals surface area contributed by atoms with Crippen LogP contribution in [0.15, 0.2) is 18.5 Å². The first-order chi connectivity index (χ1) is 11.3. The van der Waals surface area contributed by atoms with E-state index in [-0.39, 0.29) is 5.92 Å². The predicted octanol–water partition coefficient (Wildman–Crippen LogP) is 2.19. The van der Waals surface area contributed by atoms with Crippen molar-refractivity contribution in [2.24, 2.45) is 7.05 Å². The lowest BCUT2D eigenvalue weighted by atomic mass is 9.97. The molecule has 1 aliphatic heterocycles. The van der Waals surface area contributed by atoms with E-state index in [4.69, 9.17) is 5.73 Å². The zero-order chi connectivity index (χ0) is 17.3. The van der Waals surface area contributed by atoms with Crippen LogP contribution in [0.25, 0.3) is 0 Å². The molecule has 1 aliphatic rings. The van der Waals surface area contributed by atoms with E-state index in [1.807, 2.05) is 0 Å². The zero-order valence-corrected chi connectivity index (χ0v) is 13.3. The van der Waals surface area contributed by atoms with Gasteiger partial charge >= 0.3 is 6.18 Å². The van der Waals surface area contributed by atoms with Crippen LogP contribution in [0, 0.1) is 0 Å². The molecule has 0 spiro atoms. The molecule has 0 bridgehead atoms. The van der Waals surface area contributed by atoms with E-state index in [0.29, 0.717) is 30.6 Å². The van der Waals surface area contributed by atoms with Crippen LogP contribution in [0.4, 0.5) is 19.0 Å². The molecule has 24 heavy (non-hydrogen) atoms. The van der Waals surface area contributed by atoms with E-state index in [1.165, 1.54) is 4.57 Å². The Bertz CT molecular complexity index is 711. The Morgan fingerprint density at radius 1 is 1.33 bits per heavy atom. The molecule has 1 saturated heterocycles. The first kappa shape index (κ1) is 16.7. The monoisotopic (exact) mass is 340 g/mol. The number of nitrogen functional groups attached to an aromatic ring is 1. The average molecular weight is 340 g/mol. The summed E-state index contributed by atoms with van der Waals surface area (Å²) in [5.41, 5.74) is 4.82. The number of aromatic nitrogens is 4. The Kier molecular flexibility index (Phi) is 4.44. The molecular weight excluding hydrogens is 321 g/mol. The molecule has 1 fully saturated rings. The van der Waals surface area contributed by atoms with Crippen LogP contribution in [-0.4, -0.2) is 37.5 Å². The summed E-state index contributed by atoms with van der Waals surface area (Å²) in [6, 6.07) is 1.62. The Morgan fingerprint density at radius 2 is 2.12 bits per heavy atom. The van der Waals surface area contributed by atoms with Gasteiger partial charge in [0.05, 0.1) is 6.54 Å². The molecule has 0 aromatic carbocycles. The van der Waals surface area contributed by atoms with Gasteiger partial charge in [0, 0.05) is 31.9 Å². The summed E-state index contributed by atoms with van der Waals surface area (Å²) >= 11 is 0. The number of likely N-dealkylation sites (tertiary alicyclic amines) is 1. The van der Waals surface area contributed by atoms with Gasteiger partial charge in [-0.25, -0.2) is 15.0 Å². The normalized spacial score (nSPS) is 19.6. The number of halogens is 3. The van der Waals surface area contributed by atoms with Crippen molar-refractivity contribution in [2.45, 2.75) is 31.5 Å². The van der Waals surface area contributed by atoms with Gasteiger partial charge in [0.15, 0.2) is 5.69 Å². The van der Waals surface area contributed by atoms with E-state index in [9.17, 15) is 13.2 Å². The van der Waals surface area contributed by atoms with Crippen molar-refractivity contribution in [3.63, 3.8) is 0 Å². The summed E-state index contributed by atoms with van der Waals surface area (Å²) in [7, 11) is 1.61. The van der Waals surface area contributed by atoms with Crippen molar-refractivity contribution in [3.05, 3.63) is 35.8 Å². The molecule has 3 heterocycles. The van der Waals surface area contributed by atoms with Crippen molar-refractivity contribution in [1.82, 2.24) is 24.4 Å². The minimum atomic E-state index is -4.42. The Labute approximate surface area is 137 Å². The van der Waals surface area contributed by atoms with Gasteiger partial charge in [0.2, 0.25) is 0 Å². The molecule has 2 N–H and O–H groups in total. The van der Waals surface area contributed by atoms with Gasteiger partial charge in [-0.3, -0.25) is 4.90 Å². The molecule has 0 radical (unpaired) electrons. The molecule has 0 aliphatic carbocycles. The lowest BCUT2D eigenvalue weighted by Gasteiger charge is -2.31. The van der Waals surface area contributed by atoms with Crippen LogP contribution >= 0.6 is 0 Å². The zero-order valence-electron chi connectivity index (χ0n) is 13.3. The van der Waals surface area contributed by atoms with Crippen LogP contribution in [-0.2, 0) is 19.8 Å². The highest BCUT2D eigenvalue weighted by Crippen LogP contribution is 2.32. The molecule has 2 aromatic rings. The number of anilines is 1. The number of nitrogens with two attached hydrogens (primary N) is 1. The topological polar surface area (TPSA) is 72.9 Å². The Balaban J connectivity index is 1.73. The van der Waals surface area contributed by atoms with E-state index in [1.54, 1.807) is 19.3 Å². The number of nitrogens with zero attached hydrogens (tertiary/aromatic N) is 5. The standard InChI is InChI=1S/C15H19F3N6/c1-23-8-11(15(16,17)18)21-14(23)10-3-2-6-24(7-10)9-13-20-5-4-12(19)22-13/h4-5,8,10H,2-3,6-7,9H2,1H3,(H2,19,20,22)/t10-/m0/s1. The SMILES string of the molecule is Cn1cc(C(F)(F)F)nc1[C@H]1CCCN(Cc2nccc(N)n2)C1. The van der Waals surface area contributed by atoms with Gasteiger partial charge in [-0.15, -0.1) is 0 Å². The molecule has 2 aromatic heterocycles. The molecule has 9 heteroatoms. The molecule has 130 valence electrons. The average Bonchev–Trinajstić information content (AvgIpc) is 2.90. The van der Waals surface area contributed by atoms with Crippen molar-refractivity contribution >= 4 is 5.82 Å². The molecule has 3 rings (SSSR count). The first-order valence-electron chi connectivity index (χ1n) is 7.73. The van der Waals surface area contributed by atoms with Gasteiger partial charge in [0.1, 0.15) is 17.5 Å². The highest BCUT2D eigenvalue weighted by Gasteiger charge is 2.36. The summed E-state index contributed by atoms with van der Waals surface area (Å²) in [5.74, 6) is 1.46. The second-order valence-corrected chi connectivity index (χ2v) is 6.07. The maximum absolute atomic E-state index is 12.8. The quantitative estimate of drug-likeness (QED) is 0.927. The fraction of sp³-hybridized carbons (Fsp3) is 0.533. The van der Waals surface area contributed by atoms with Gasteiger partial charge in [-0.05, 0) is 25.5 Å². The van der Waals surface area contributed by atoms with Gasteiger partial charge in [-0.1, -0.05) is 0 Å². The summed E-state index contributed by atoms with van der Waals surface area (Å²) in [5, 5.41) is 0. The van der Waals surface area contributed by atoms with Gasteiger partial charge in [0.25, 0.3) is 0 Å². The Morgan fingerprint density at radius 3 is 2.79 bits per heavy atom. The molecule has 1 atom stereocenters. The number of hydrogen-bond donors (Lipinski definition) is 1. The minimum Gasteiger partial charge on any atom is -0.384 e. The highest BCUT2D eigenvalue weighted by molar-refractivity contribution is 5.25. The molecule has 0 unspecified atom stereocenters. The van der Waals surface area contributed by atoms with Crippen molar-refractivity contribution < 1.29 is 13.2 Å². The first-order valence-corrected chi connectivity index (χ1v) is 7.73. The van der Waals surface area contributed by atoms with Crippen LogP contribution in [0.3, 0.4) is 0 Å². The minimum absolute atomic E-state index is 0.0408.